The van der Waals surface area contributed by atoms with E-state index < -0.39 is 6.10 Å². The molecule has 1 aromatic heterocycles. The lowest BCUT2D eigenvalue weighted by molar-refractivity contribution is -0.00588. The number of ether oxygens (including phenoxy) is 1. The molecule has 2 aliphatic heterocycles. The molecule has 0 bridgehead atoms. The minimum Gasteiger partial charge on any atom is -0.390 e. The maximum Gasteiger partial charge on any atom is 0.129 e. The van der Waals surface area contributed by atoms with Crippen LogP contribution in [0.4, 0.5) is 10.2 Å². The number of nitrogens with zero attached hydrogens (tertiary/aromatic N) is 3. The molecule has 2 atom stereocenters. The van der Waals surface area contributed by atoms with Crippen LogP contribution >= 0.6 is 0 Å². The van der Waals surface area contributed by atoms with Crippen LogP contribution in [0, 0.1) is 12.7 Å². The second-order valence-corrected chi connectivity index (χ2v) is 6.65. The summed E-state index contributed by atoms with van der Waals surface area (Å²) in [6.07, 6.45) is -0.394. The average Bonchev–Trinajstić information content (AvgIpc) is 2.98. The van der Waals surface area contributed by atoms with Gasteiger partial charge in [-0.25, -0.2) is 9.37 Å². The lowest BCUT2D eigenvalue weighted by Crippen LogP contribution is -2.48. The Kier molecular flexibility index (Phi) is 4.12. The quantitative estimate of drug-likeness (QED) is 0.905. The van der Waals surface area contributed by atoms with Crippen LogP contribution in [0.25, 0.3) is 10.9 Å². The maximum absolute atomic E-state index is 13.4. The summed E-state index contributed by atoms with van der Waals surface area (Å²) < 4.78 is 18.8. The predicted molar refractivity (Wildman–Crippen MR) is 90.8 cm³/mol. The predicted octanol–water partition coefficient (Wildman–Crippen LogP) is 1.56. The van der Waals surface area contributed by atoms with E-state index in [1.54, 1.807) is 6.07 Å². The van der Waals surface area contributed by atoms with Gasteiger partial charge >= 0.3 is 0 Å². The number of β-amino-alcohol motifs (C(OH)–C–C–N with tert-alkyl or cyclic N) is 1. The highest BCUT2D eigenvalue weighted by Crippen LogP contribution is 2.27. The molecule has 1 N–H and O–H groups in total. The summed E-state index contributed by atoms with van der Waals surface area (Å²) in [5.74, 6) is 0.602. The molecular weight excluding hydrogens is 309 g/mol. The third-order valence-electron chi connectivity index (χ3n) is 5.06. The lowest BCUT2D eigenvalue weighted by atomic mass is 10.1. The van der Waals surface area contributed by atoms with E-state index in [9.17, 15) is 9.50 Å². The van der Waals surface area contributed by atoms with E-state index in [0.29, 0.717) is 6.54 Å². The molecule has 2 fully saturated rings. The lowest BCUT2D eigenvalue weighted by Gasteiger charge is -2.33. The Morgan fingerprint density at radius 2 is 2.00 bits per heavy atom. The van der Waals surface area contributed by atoms with Gasteiger partial charge in [0, 0.05) is 31.6 Å². The number of anilines is 1. The number of benzene rings is 1. The molecule has 4 rings (SSSR count). The van der Waals surface area contributed by atoms with Crippen molar-refractivity contribution in [3.05, 3.63) is 35.6 Å². The van der Waals surface area contributed by atoms with Crippen LogP contribution in [-0.2, 0) is 4.74 Å². The Bertz CT molecular complexity index is 748. The highest BCUT2D eigenvalue weighted by molar-refractivity contribution is 5.84. The molecule has 2 saturated heterocycles. The van der Waals surface area contributed by atoms with Crippen LogP contribution in [0.15, 0.2) is 24.3 Å². The van der Waals surface area contributed by atoms with E-state index >= 15 is 0 Å². The van der Waals surface area contributed by atoms with Crippen molar-refractivity contribution < 1.29 is 14.2 Å². The molecule has 2 aromatic rings. The SMILES string of the molecule is Cc1cc(N2C[C@H](O)[C@@H](N3CCOCC3)C2)nc2ccc(F)cc12. The first-order chi connectivity index (χ1) is 11.6. The first-order valence-corrected chi connectivity index (χ1v) is 8.43. The summed E-state index contributed by atoms with van der Waals surface area (Å²) in [5, 5.41) is 11.3. The van der Waals surface area contributed by atoms with E-state index in [4.69, 9.17) is 4.74 Å². The van der Waals surface area contributed by atoms with E-state index in [1.165, 1.54) is 12.1 Å². The largest absolute Gasteiger partial charge is 0.390 e. The number of aromatic nitrogens is 1. The smallest absolute Gasteiger partial charge is 0.129 e. The number of rotatable bonds is 2. The van der Waals surface area contributed by atoms with Crippen molar-refractivity contribution in [3.63, 3.8) is 0 Å². The first kappa shape index (κ1) is 15.7. The highest BCUT2D eigenvalue weighted by Gasteiger charge is 2.36. The average molecular weight is 331 g/mol. The van der Waals surface area contributed by atoms with Crippen LogP contribution in [0.5, 0.6) is 0 Å². The van der Waals surface area contributed by atoms with Crippen molar-refractivity contribution in [1.82, 2.24) is 9.88 Å². The molecule has 3 heterocycles. The van der Waals surface area contributed by atoms with Gasteiger partial charge in [-0.1, -0.05) is 0 Å². The van der Waals surface area contributed by atoms with Crippen molar-refractivity contribution in [2.45, 2.75) is 19.1 Å². The third kappa shape index (κ3) is 2.85. The Hall–Kier alpha value is -1.76. The third-order valence-corrected chi connectivity index (χ3v) is 5.06. The fourth-order valence-electron chi connectivity index (χ4n) is 3.74. The summed E-state index contributed by atoms with van der Waals surface area (Å²) in [7, 11) is 0. The number of fused-ring (bicyclic) bond motifs is 1. The van der Waals surface area contributed by atoms with E-state index in [1.807, 2.05) is 13.0 Å². The van der Waals surface area contributed by atoms with Crippen LogP contribution in [-0.4, -0.2) is 66.5 Å². The van der Waals surface area contributed by atoms with Crippen LogP contribution < -0.4 is 4.90 Å². The van der Waals surface area contributed by atoms with E-state index in [0.717, 1.165) is 55.1 Å². The normalized spacial score (nSPS) is 25.5. The Morgan fingerprint density at radius 1 is 1.21 bits per heavy atom. The molecule has 0 aliphatic carbocycles. The Morgan fingerprint density at radius 3 is 2.79 bits per heavy atom. The van der Waals surface area contributed by atoms with Gasteiger partial charge in [-0.2, -0.15) is 0 Å². The van der Waals surface area contributed by atoms with Gasteiger partial charge < -0.3 is 14.7 Å². The monoisotopic (exact) mass is 331 g/mol. The first-order valence-electron chi connectivity index (χ1n) is 8.43. The number of aliphatic hydroxyl groups excluding tert-OH is 1. The van der Waals surface area contributed by atoms with Gasteiger partial charge in [-0.05, 0) is 36.8 Å². The summed E-state index contributed by atoms with van der Waals surface area (Å²) in [6, 6.07) is 6.77. The van der Waals surface area contributed by atoms with Gasteiger partial charge in [0.05, 0.1) is 30.9 Å². The Labute approximate surface area is 140 Å². The number of halogens is 1. The molecule has 1 aromatic carbocycles. The molecule has 2 aliphatic rings. The summed E-state index contributed by atoms with van der Waals surface area (Å²) in [6.45, 7) is 6.46. The van der Waals surface area contributed by atoms with Gasteiger partial charge in [0.25, 0.3) is 0 Å². The summed E-state index contributed by atoms with van der Waals surface area (Å²) in [5.41, 5.74) is 1.79. The van der Waals surface area contributed by atoms with Gasteiger partial charge in [0.15, 0.2) is 0 Å². The number of aryl methyl sites for hydroxylation is 1. The molecule has 6 heteroatoms. The zero-order valence-electron chi connectivity index (χ0n) is 13.8. The van der Waals surface area contributed by atoms with Crippen molar-refractivity contribution in [3.8, 4) is 0 Å². The number of aliphatic hydroxyl groups is 1. The van der Waals surface area contributed by atoms with Gasteiger partial charge in [-0.3, -0.25) is 4.90 Å². The van der Waals surface area contributed by atoms with E-state index in [2.05, 4.69) is 14.8 Å². The van der Waals surface area contributed by atoms with E-state index in [-0.39, 0.29) is 11.9 Å². The molecule has 0 spiro atoms. The standard InChI is InChI=1S/C18H22FN3O2/c1-12-8-18(20-15-3-2-13(19)9-14(12)15)22-10-16(17(23)11-22)21-4-6-24-7-5-21/h2-3,8-9,16-17,23H,4-7,10-11H2,1H3/t16-,17-/m0/s1. The number of pyridine rings is 1. The van der Waals surface area contributed by atoms with Gasteiger partial charge in [0.2, 0.25) is 0 Å². The maximum atomic E-state index is 13.4. The van der Waals surface area contributed by atoms with Gasteiger partial charge in [0.1, 0.15) is 11.6 Å². The molecule has 0 saturated carbocycles. The second-order valence-electron chi connectivity index (χ2n) is 6.65. The highest BCUT2D eigenvalue weighted by atomic mass is 19.1. The second kappa shape index (κ2) is 6.27. The van der Waals surface area contributed by atoms with Crippen molar-refractivity contribution in [1.29, 1.82) is 0 Å². The molecule has 0 radical (unpaired) electrons. The molecule has 128 valence electrons. The van der Waals surface area contributed by atoms with Gasteiger partial charge in [-0.15, -0.1) is 0 Å². The fourth-order valence-corrected chi connectivity index (χ4v) is 3.74. The zero-order valence-corrected chi connectivity index (χ0v) is 13.8. The zero-order chi connectivity index (χ0) is 16.7. The molecule has 0 amide bonds. The minimum absolute atomic E-state index is 0.111. The van der Waals surface area contributed by atoms with Crippen molar-refractivity contribution in [2.24, 2.45) is 0 Å². The van der Waals surface area contributed by atoms with Crippen molar-refractivity contribution in [2.75, 3.05) is 44.3 Å². The molecule has 0 unspecified atom stereocenters. The number of morpholine rings is 1. The topological polar surface area (TPSA) is 48.8 Å². The van der Waals surface area contributed by atoms with Crippen molar-refractivity contribution >= 4 is 16.7 Å². The molecular formula is C18H22FN3O2. The van der Waals surface area contributed by atoms with Crippen LogP contribution in [0.2, 0.25) is 0 Å². The molecule has 5 nitrogen and oxygen atoms in total. The molecule has 24 heavy (non-hydrogen) atoms. The summed E-state index contributed by atoms with van der Waals surface area (Å²) in [4.78, 5) is 9.11. The summed E-state index contributed by atoms with van der Waals surface area (Å²) >= 11 is 0. The van der Waals surface area contributed by atoms with Crippen LogP contribution in [0.3, 0.4) is 0 Å². The minimum atomic E-state index is -0.394. The van der Waals surface area contributed by atoms with Crippen LogP contribution in [0.1, 0.15) is 5.56 Å². The fraction of sp³-hybridized carbons (Fsp3) is 0.500. The number of hydrogen-bond acceptors (Lipinski definition) is 5. The number of hydrogen-bond donors (Lipinski definition) is 1. The Balaban J connectivity index is 1.60.